The zero-order valence-corrected chi connectivity index (χ0v) is 19.1. The van der Waals surface area contributed by atoms with E-state index in [1.807, 2.05) is 0 Å². The Morgan fingerprint density at radius 1 is 1.09 bits per heavy atom. The standard InChI is InChI=1S/C21H23ClFN3O5S/c1-20(2)18(25-19(28)29)26-21(3,11-32(20,30)31)15-10-12(4-9-16(15)23)17(27)24-14-7-5-13(22)6-8-14/h4-10,30-31H,11H2,1-3H3,(H,24,27)(H,25,26)(H,28,29). The van der Waals surface area contributed by atoms with E-state index in [4.69, 9.17) is 16.7 Å². The van der Waals surface area contributed by atoms with Crippen LogP contribution in [0.3, 0.4) is 0 Å². The number of amidine groups is 1. The first kappa shape index (κ1) is 24.0. The molecule has 8 nitrogen and oxygen atoms in total. The van der Waals surface area contributed by atoms with Crippen molar-refractivity contribution in [2.45, 2.75) is 31.1 Å². The third-order valence-corrected chi connectivity index (χ3v) is 8.41. The summed E-state index contributed by atoms with van der Waals surface area (Å²) in [6, 6.07) is 10.1. The number of benzene rings is 2. The smallest absolute Gasteiger partial charge is 0.410 e. The summed E-state index contributed by atoms with van der Waals surface area (Å²) in [6.45, 7) is 4.35. The number of nitrogens with zero attached hydrogens (tertiary/aromatic N) is 1. The Morgan fingerprint density at radius 3 is 2.31 bits per heavy atom. The van der Waals surface area contributed by atoms with Gasteiger partial charge in [-0.05, 0) is 63.2 Å². The fourth-order valence-corrected chi connectivity index (χ4v) is 5.27. The van der Waals surface area contributed by atoms with Crippen LogP contribution in [-0.4, -0.2) is 42.5 Å². The Balaban J connectivity index is 2.03. The molecule has 0 saturated carbocycles. The summed E-state index contributed by atoms with van der Waals surface area (Å²) in [5.74, 6) is -1.79. The van der Waals surface area contributed by atoms with Crippen molar-refractivity contribution in [1.82, 2.24) is 5.32 Å². The van der Waals surface area contributed by atoms with E-state index in [0.29, 0.717) is 10.7 Å². The Morgan fingerprint density at radius 2 is 1.72 bits per heavy atom. The summed E-state index contributed by atoms with van der Waals surface area (Å²) in [7, 11) is -3.45. The van der Waals surface area contributed by atoms with Crippen LogP contribution in [0.15, 0.2) is 47.5 Å². The van der Waals surface area contributed by atoms with E-state index in [2.05, 4.69) is 15.6 Å². The second-order valence-corrected chi connectivity index (χ2v) is 11.2. The molecule has 0 spiro atoms. The fraction of sp³-hybridized carbons (Fsp3) is 0.286. The topological polar surface area (TPSA) is 131 Å². The normalized spacial score (nSPS) is 22.4. The molecule has 0 radical (unpaired) electrons. The molecule has 32 heavy (non-hydrogen) atoms. The summed E-state index contributed by atoms with van der Waals surface area (Å²) >= 11 is 5.84. The number of nitrogens with one attached hydrogen (secondary N) is 2. The third-order valence-electron chi connectivity index (χ3n) is 5.36. The molecule has 0 fully saturated rings. The number of rotatable bonds is 3. The monoisotopic (exact) mass is 483 g/mol. The van der Waals surface area contributed by atoms with Crippen LogP contribution >= 0.6 is 22.2 Å². The van der Waals surface area contributed by atoms with E-state index in [0.717, 1.165) is 6.07 Å². The number of carbonyl (C=O) groups excluding carboxylic acids is 1. The first-order chi connectivity index (χ1) is 14.7. The number of hydrogen-bond acceptors (Lipinski definition) is 5. The molecule has 2 amide bonds. The van der Waals surface area contributed by atoms with Gasteiger partial charge in [0.05, 0.1) is 5.75 Å². The van der Waals surface area contributed by atoms with Gasteiger partial charge in [0, 0.05) is 21.8 Å². The van der Waals surface area contributed by atoms with Crippen molar-refractivity contribution in [2.75, 3.05) is 11.1 Å². The van der Waals surface area contributed by atoms with Crippen molar-refractivity contribution in [3.05, 3.63) is 64.4 Å². The molecule has 1 atom stereocenters. The first-order valence-electron chi connectivity index (χ1n) is 9.48. The van der Waals surface area contributed by atoms with Crippen molar-refractivity contribution in [1.29, 1.82) is 0 Å². The maximum absolute atomic E-state index is 14.9. The minimum absolute atomic E-state index is 0.0681. The minimum Gasteiger partial charge on any atom is -0.465 e. The number of carboxylic acid groups (broad SMARTS) is 1. The number of hydrogen-bond donors (Lipinski definition) is 5. The molecule has 2 aromatic rings. The molecule has 1 aliphatic rings. The lowest BCUT2D eigenvalue weighted by atomic mass is 9.91. The van der Waals surface area contributed by atoms with E-state index in [1.54, 1.807) is 24.3 Å². The summed E-state index contributed by atoms with van der Waals surface area (Å²) in [6.07, 6.45) is -1.44. The van der Waals surface area contributed by atoms with Gasteiger partial charge in [0.1, 0.15) is 21.9 Å². The van der Waals surface area contributed by atoms with Crippen LogP contribution in [0.5, 0.6) is 0 Å². The molecule has 0 bridgehead atoms. The first-order valence-corrected chi connectivity index (χ1v) is 11.6. The van der Waals surface area contributed by atoms with E-state index < -0.39 is 38.7 Å². The lowest BCUT2D eigenvalue weighted by molar-refractivity contribution is 0.102. The quantitative estimate of drug-likeness (QED) is 0.411. The van der Waals surface area contributed by atoms with E-state index >= 15 is 0 Å². The van der Waals surface area contributed by atoms with Gasteiger partial charge in [-0.3, -0.25) is 24.2 Å². The van der Waals surface area contributed by atoms with Crippen LogP contribution in [0.4, 0.5) is 14.9 Å². The average Bonchev–Trinajstić information content (AvgIpc) is 2.67. The molecule has 0 saturated heterocycles. The Hall–Kier alpha value is -2.66. The van der Waals surface area contributed by atoms with Crippen LogP contribution in [0.25, 0.3) is 0 Å². The molecule has 0 aliphatic carbocycles. The molecular formula is C21H23ClFN3O5S. The van der Waals surface area contributed by atoms with Crippen molar-refractivity contribution in [3.63, 3.8) is 0 Å². The zero-order chi connectivity index (χ0) is 23.9. The molecular weight excluding hydrogens is 461 g/mol. The van der Waals surface area contributed by atoms with E-state index in [9.17, 15) is 23.1 Å². The highest BCUT2D eigenvalue weighted by molar-refractivity contribution is 8.26. The molecule has 5 N–H and O–H groups in total. The number of carbonyl (C=O) groups is 2. The summed E-state index contributed by atoms with van der Waals surface area (Å²) in [5.41, 5.74) is -1.01. The SMILES string of the molecule is CC1(c2cc(C(=O)Nc3ccc(Cl)cc3)ccc2F)CS(O)(O)C(C)(C)C(NC(=O)O)=N1. The molecule has 172 valence electrons. The van der Waals surface area contributed by atoms with Crippen molar-refractivity contribution in [3.8, 4) is 0 Å². The van der Waals surface area contributed by atoms with E-state index in [1.165, 1.54) is 32.9 Å². The highest BCUT2D eigenvalue weighted by atomic mass is 35.5. The Labute approximate surface area is 190 Å². The van der Waals surface area contributed by atoms with Gasteiger partial charge < -0.3 is 10.4 Å². The predicted octanol–water partition coefficient (Wildman–Crippen LogP) is 5.16. The van der Waals surface area contributed by atoms with Crippen molar-refractivity contribution >= 4 is 45.7 Å². The van der Waals surface area contributed by atoms with E-state index in [-0.39, 0.29) is 22.7 Å². The molecule has 1 unspecified atom stereocenters. The third kappa shape index (κ3) is 4.58. The number of aliphatic imine (C=N–C) groups is 1. The second-order valence-electron chi connectivity index (χ2n) is 8.14. The lowest BCUT2D eigenvalue weighted by Crippen LogP contribution is -2.55. The largest absolute Gasteiger partial charge is 0.465 e. The Kier molecular flexibility index (Phi) is 6.27. The molecule has 2 aromatic carbocycles. The average molecular weight is 484 g/mol. The van der Waals surface area contributed by atoms with Gasteiger partial charge in [-0.2, -0.15) is 10.6 Å². The zero-order valence-electron chi connectivity index (χ0n) is 17.5. The Bertz CT molecular complexity index is 1110. The van der Waals surface area contributed by atoms with Crippen molar-refractivity contribution < 1.29 is 28.2 Å². The summed E-state index contributed by atoms with van der Waals surface area (Å²) in [4.78, 5) is 28.3. The predicted molar refractivity (Wildman–Crippen MR) is 124 cm³/mol. The fourth-order valence-electron chi connectivity index (χ4n) is 3.37. The lowest BCUT2D eigenvalue weighted by Gasteiger charge is -2.53. The molecule has 11 heteroatoms. The van der Waals surface area contributed by atoms with Crippen LogP contribution in [0.2, 0.25) is 5.02 Å². The highest BCUT2D eigenvalue weighted by Crippen LogP contribution is 2.59. The van der Waals surface area contributed by atoms with Crippen LogP contribution in [-0.2, 0) is 5.54 Å². The molecule has 0 aromatic heterocycles. The van der Waals surface area contributed by atoms with Crippen LogP contribution in [0, 0.1) is 5.82 Å². The second kappa shape index (κ2) is 8.36. The van der Waals surface area contributed by atoms with Gasteiger partial charge >= 0.3 is 6.09 Å². The van der Waals surface area contributed by atoms with Gasteiger partial charge in [0.2, 0.25) is 0 Å². The maximum atomic E-state index is 14.9. The number of halogens is 2. The van der Waals surface area contributed by atoms with Gasteiger partial charge in [-0.1, -0.05) is 11.6 Å². The van der Waals surface area contributed by atoms with Crippen molar-refractivity contribution in [2.24, 2.45) is 4.99 Å². The maximum Gasteiger partial charge on any atom is 0.410 e. The molecule has 1 heterocycles. The molecule has 1 aliphatic heterocycles. The van der Waals surface area contributed by atoms with Gasteiger partial charge in [-0.15, -0.1) is 0 Å². The van der Waals surface area contributed by atoms with Gasteiger partial charge in [0.25, 0.3) is 5.91 Å². The summed E-state index contributed by atoms with van der Waals surface area (Å²) < 4.78 is 35.0. The molecule has 3 rings (SSSR count). The van der Waals surface area contributed by atoms with Gasteiger partial charge in [-0.25, -0.2) is 9.18 Å². The highest BCUT2D eigenvalue weighted by Gasteiger charge is 2.50. The van der Waals surface area contributed by atoms with Crippen LogP contribution < -0.4 is 10.6 Å². The minimum atomic E-state index is -3.45. The number of anilines is 1. The van der Waals surface area contributed by atoms with Crippen LogP contribution in [0.1, 0.15) is 36.7 Å². The van der Waals surface area contributed by atoms with Gasteiger partial charge in [0.15, 0.2) is 0 Å². The summed E-state index contributed by atoms with van der Waals surface area (Å²) in [5, 5.41) is 14.4. The number of amides is 2.